The molecule has 7 atom stereocenters. The van der Waals surface area contributed by atoms with Crippen LogP contribution in [0.25, 0.3) is 0 Å². The number of aliphatic hydroxyl groups excluding tert-OH is 1. The number of allylic oxidation sites excluding steroid dienone is 4. The van der Waals surface area contributed by atoms with Crippen LogP contribution in [0.1, 0.15) is 54.6 Å². The maximum Gasteiger partial charge on any atom is 0.235 e. The standard InChI is InChI=1S/C32H38N2O8/c1-31(2,13-7-10-15-8-5-6-9-15)18-12-11-16-14-17-20(26(37)19(16)25(18)36)28(39)32(42)22(24(17)35)23(34(3)4)27(38)21(29(32)40)30(33)41/h5-6,8-9,11-12,15,17,20-24,35-36,42H,7,10,13-14H2,1-4H3,(H2,33,41)/t17-,20?,21?,22-,23+,24+,32+/m0/s1. The first-order valence-electron chi connectivity index (χ1n) is 14.4. The highest BCUT2D eigenvalue weighted by Crippen LogP contribution is 2.51. The first kappa shape index (κ1) is 30.0. The van der Waals surface area contributed by atoms with Crippen LogP contribution in [-0.4, -0.2) is 81.1 Å². The van der Waals surface area contributed by atoms with E-state index in [0.29, 0.717) is 17.0 Å². The average Bonchev–Trinajstić information content (AvgIpc) is 3.42. The Morgan fingerprint density at radius 2 is 1.74 bits per heavy atom. The van der Waals surface area contributed by atoms with Crippen molar-refractivity contribution in [2.45, 2.75) is 62.7 Å². The zero-order chi connectivity index (χ0) is 30.9. The Morgan fingerprint density at radius 1 is 1.10 bits per heavy atom. The summed E-state index contributed by atoms with van der Waals surface area (Å²) in [5.41, 5.74) is 2.73. The second-order valence-corrected chi connectivity index (χ2v) is 13.1. The topological polar surface area (TPSA) is 175 Å². The van der Waals surface area contributed by atoms with Gasteiger partial charge in [-0.2, -0.15) is 0 Å². The molecule has 1 aromatic carbocycles. The van der Waals surface area contributed by atoms with E-state index in [2.05, 4.69) is 12.2 Å². The monoisotopic (exact) mass is 578 g/mol. The second-order valence-electron chi connectivity index (χ2n) is 13.1. The number of primary amides is 1. The molecule has 4 aliphatic rings. The maximum atomic E-state index is 14.0. The minimum atomic E-state index is -2.99. The number of hydrogen-bond donors (Lipinski definition) is 4. The highest BCUT2D eigenvalue weighted by Gasteiger charge is 2.72. The molecule has 4 aliphatic carbocycles. The zero-order valence-electron chi connectivity index (χ0n) is 24.2. The van der Waals surface area contributed by atoms with Gasteiger partial charge in [-0.25, -0.2) is 0 Å². The molecule has 0 heterocycles. The van der Waals surface area contributed by atoms with E-state index in [9.17, 15) is 39.3 Å². The number of rotatable bonds is 7. The number of ketones is 4. The van der Waals surface area contributed by atoms with Gasteiger partial charge in [0.05, 0.1) is 29.5 Å². The van der Waals surface area contributed by atoms with Crippen LogP contribution in [0.3, 0.4) is 0 Å². The van der Waals surface area contributed by atoms with E-state index in [4.69, 9.17) is 5.73 Å². The number of carbonyl (C=O) groups excluding carboxylic acids is 5. The second kappa shape index (κ2) is 10.4. The lowest BCUT2D eigenvalue weighted by Gasteiger charge is -2.54. The summed E-state index contributed by atoms with van der Waals surface area (Å²) in [6.07, 6.45) is 9.20. The summed E-state index contributed by atoms with van der Waals surface area (Å²) in [6, 6.07) is 2.09. The Morgan fingerprint density at radius 3 is 2.33 bits per heavy atom. The number of aliphatic hydroxyl groups is 2. The highest BCUT2D eigenvalue weighted by molar-refractivity contribution is 6.32. The fourth-order valence-corrected chi connectivity index (χ4v) is 7.72. The van der Waals surface area contributed by atoms with Gasteiger partial charge in [0.2, 0.25) is 5.91 Å². The summed E-state index contributed by atoms with van der Waals surface area (Å²) in [4.78, 5) is 68.2. The lowest BCUT2D eigenvalue weighted by atomic mass is 9.51. The molecule has 5 rings (SSSR count). The molecule has 2 unspecified atom stereocenters. The largest absolute Gasteiger partial charge is 0.507 e. The third-order valence-electron chi connectivity index (χ3n) is 9.91. The minimum Gasteiger partial charge on any atom is -0.507 e. The molecule has 2 fully saturated rings. The summed E-state index contributed by atoms with van der Waals surface area (Å²) in [5.74, 6) is -12.0. The minimum absolute atomic E-state index is 0.00161. The van der Waals surface area contributed by atoms with Crippen LogP contribution in [0, 0.1) is 29.6 Å². The van der Waals surface area contributed by atoms with E-state index in [0.717, 1.165) is 19.3 Å². The van der Waals surface area contributed by atoms with Crippen molar-refractivity contribution in [1.29, 1.82) is 0 Å². The molecule has 10 nitrogen and oxygen atoms in total. The van der Waals surface area contributed by atoms with Gasteiger partial charge in [-0.3, -0.25) is 28.9 Å². The number of aromatic hydroxyl groups is 1. The molecule has 0 spiro atoms. The molecular formula is C32H38N2O8. The van der Waals surface area contributed by atoms with E-state index in [-0.39, 0.29) is 17.7 Å². The van der Waals surface area contributed by atoms with Crippen molar-refractivity contribution in [2.24, 2.45) is 35.3 Å². The van der Waals surface area contributed by atoms with Crippen LogP contribution >= 0.6 is 0 Å². The number of hydrogen-bond acceptors (Lipinski definition) is 9. The molecule has 2 saturated carbocycles. The summed E-state index contributed by atoms with van der Waals surface area (Å²) in [5, 5.41) is 34.7. The fourth-order valence-electron chi connectivity index (χ4n) is 7.72. The summed E-state index contributed by atoms with van der Waals surface area (Å²) in [6.45, 7) is 3.94. The summed E-state index contributed by atoms with van der Waals surface area (Å²) in [7, 11) is 2.92. The molecular weight excluding hydrogens is 540 g/mol. The van der Waals surface area contributed by atoms with Gasteiger partial charge in [-0.1, -0.05) is 56.7 Å². The molecule has 1 amide bonds. The van der Waals surface area contributed by atoms with Crippen LogP contribution in [0.15, 0.2) is 36.4 Å². The highest BCUT2D eigenvalue weighted by atomic mass is 16.3. The number of Topliss-reactive ketones (excluding diaryl/α,β-unsaturated/α-hetero) is 4. The predicted octanol–water partition coefficient (Wildman–Crippen LogP) is 1.03. The number of carbonyl (C=O) groups is 5. The van der Waals surface area contributed by atoms with Crippen molar-refractivity contribution in [3.8, 4) is 5.75 Å². The van der Waals surface area contributed by atoms with Crippen LogP contribution in [0.2, 0.25) is 0 Å². The normalized spacial score (nSPS) is 32.7. The lowest BCUT2D eigenvalue weighted by Crippen LogP contribution is -2.77. The van der Waals surface area contributed by atoms with Crippen molar-refractivity contribution >= 4 is 29.0 Å². The first-order chi connectivity index (χ1) is 19.6. The van der Waals surface area contributed by atoms with Crippen molar-refractivity contribution in [3.05, 3.63) is 53.1 Å². The molecule has 0 saturated heterocycles. The number of phenols is 1. The fraction of sp³-hybridized carbons (Fsp3) is 0.531. The van der Waals surface area contributed by atoms with Crippen molar-refractivity contribution in [1.82, 2.24) is 4.90 Å². The average molecular weight is 579 g/mol. The van der Waals surface area contributed by atoms with Gasteiger partial charge in [0.1, 0.15) is 5.75 Å². The van der Waals surface area contributed by atoms with Crippen LogP contribution in [-0.2, 0) is 31.0 Å². The number of amides is 1. The van der Waals surface area contributed by atoms with E-state index >= 15 is 0 Å². The molecule has 10 heteroatoms. The first-order valence-corrected chi connectivity index (χ1v) is 14.4. The molecule has 0 aliphatic heterocycles. The molecule has 0 aromatic heterocycles. The van der Waals surface area contributed by atoms with E-state index in [1.54, 1.807) is 12.1 Å². The molecule has 5 N–H and O–H groups in total. The smallest absolute Gasteiger partial charge is 0.235 e. The van der Waals surface area contributed by atoms with Crippen molar-refractivity contribution in [2.75, 3.05) is 14.1 Å². The number of benzene rings is 1. The maximum absolute atomic E-state index is 14.0. The Labute approximate surface area is 244 Å². The van der Waals surface area contributed by atoms with Crippen LogP contribution in [0.4, 0.5) is 0 Å². The van der Waals surface area contributed by atoms with Gasteiger partial charge in [-0.15, -0.1) is 0 Å². The number of nitrogens with zero attached hydrogens (tertiary/aromatic N) is 1. The lowest BCUT2D eigenvalue weighted by molar-refractivity contribution is -0.195. The van der Waals surface area contributed by atoms with E-state index < -0.39 is 75.9 Å². The van der Waals surface area contributed by atoms with Crippen molar-refractivity contribution in [3.63, 3.8) is 0 Å². The van der Waals surface area contributed by atoms with Crippen molar-refractivity contribution < 1.29 is 39.3 Å². The Hall–Kier alpha value is -3.47. The van der Waals surface area contributed by atoms with Gasteiger partial charge in [0, 0.05) is 11.5 Å². The van der Waals surface area contributed by atoms with Gasteiger partial charge < -0.3 is 21.1 Å². The van der Waals surface area contributed by atoms with E-state index in [1.165, 1.54) is 19.0 Å². The number of likely N-dealkylation sites (N-methyl/N-ethyl adjacent to an activating group) is 1. The Bertz CT molecular complexity index is 1430. The predicted molar refractivity (Wildman–Crippen MR) is 151 cm³/mol. The zero-order valence-corrected chi connectivity index (χ0v) is 24.2. The van der Waals surface area contributed by atoms with E-state index in [1.807, 2.05) is 26.0 Å². The van der Waals surface area contributed by atoms with Gasteiger partial charge in [0.15, 0.2) is 34.7 Å². The number of fused-ring (bicyclic) bond motifs is 3. The quantitative estimate of drug-likeness (QED) is 0.344. The summed E-state index contributed by atoms with van der Waals surface area (Å²) < 4.78 is 0. The van der Waals surface area contributed by atoms with Gasteiger partial charge >= 0.3 is 0 Å². The molecule has 42 heavy (non-hydrogen) atoms. The number of nitrogens with two attached hydrogens (primary N) is 1. The van der Waals surface area contributed by atoms with Gasteiger partial charge in [0.25, 0.3) is 0 Å². The Kier molecular flexibility index (Phi) is 7.40. The van der Waals surface area contributed by atoms with Crippen LogP contribution < -0.4 is 5.73 Å². The molecule has 224 valence electrons. The van der Waals surface area contributed by atoms with Gasteiger partial charge in [-0.05, 0) is 50.3 Å². The molecule has 0 radical (unpaired) electrons. The third kappa shape index (κ3) is 4.30. The molecule has 0 bridgehead atoms. The SMILES string of the molecule is CN(C)[C@H]1C(=O)C(C(N)=O)C(=O)[C@]2(O)C(=O)C3C(=O)c4c(ccc(C(C)(C)CCCC5C=CC=C5)c4O)C[C@@H]3[C@@H](O)[C@H]12. The third-order valence-corrected chi connectivity index (χ3v) is 9.91. The number of phenolic OH excluding ortho intramolecular Hbond substituents is 1. The van der Waals surface area contributed by atoms with Crippen LogP contribution in [0.5, 0.6) is 5.75 Å². The Balaban J connectivity index is 1.53. The molecule has 1 aromatic rings. The summed E-state index contributed by atoms with van der Waals surface area (Å²) >= 11 is 0.